The Morgan fingerprint density at radius 3 is 0.956 bits per heavy atom. The topological polar surface area (TPSA) is 55.4 Å². The predicted octanol–water partition coefficient (Wildman–Crippen LogP) is 30.1. The lowest BCUT2D eigenvalue weighted by Crippen LogP contribution is -2.33. The van der Waals surface area contributed by atoms with Crippen LogP contribution >= 0.6 is 15.9 Å². The molecular weight excluding hydrogens is 1470 g/mol. The van der Waals surface area contributed by atoms with Crippen molar-refractivity contribution in [1.29, 1.82) is 0 Å². The first-order valence-corrected chi connectivity index (χ1v) is 42.7. The van der Waals surface area contributed by atoms with Crippen LogP contribution in [0.2, 0.25) is 0 Å². The van der Waals surface area contributed by atoms with E-state index in [2.05, 4.69) is 164 Å². The Morgan fingerprint density at radius 2 is 0.558 bits per heavy atom. The molecule has 0 heterocycles. The van der Waals surface area contributed by atoms with Crippen molar-refractivity contribution in [2.45, 2.75) is 251 Å². The third-order valence-corrected chi connectivity index (χ3v) is 24.4. The highest BCUT2D eigenvalue weighted by atomic mass is 79.9. The summed E-state index contributed by atoms with van der Waals surface area (Å²) in [6.45, 7) is 11.6. The molecule has 3 atom stereocenters. The number of fused-ring (bicyclic) bond motifs is 9. The van der Waals surface area contributed by atoms with E-state index in [1.165, 1.54) is 242 Å². The van der Waals surface area contributed by atoms with Gasteiger partial charge in [-0.05, 0) is 208 Å². The summed E-state index contributed by atoms with van der Waals surface area (Å²) in [5.41, 5.74) is 16.4. The Bertz CT molecular complexity index is 4050. The van der Waals surface area contributed by atoms with Gasteiger partial charge in [-0.25, -0.2) is 13.2 Å². The molecule has 0 aliphatic heterocycles. The monoisotopic (exact) mass is 1600 g/mol. The summed E-state index contributed by atoms with van der Waals surface area (Å²) < 4.78 is 76.2. The van der Waals surface area contributed by atoms with Gasteiger partial charge in [0.25, 0.3) is 0 Å². The Morgan fingerprint density at radius 1 is 0.274 bits per heavy atom. The van der Waals surface area contributed by atoms with Crippen LogP contribution in [0.1, 0.15) is 286 Å². The molecule has 0 aromatic heterocycles. The lowest BCUT2D eigenvalue weighted by Gasteiger charge is -2.37. The van der Waals surface area contributed by atoms with E-state index in [9.17, 15) is 13.2 Å². The molecule has 6 nitrogen and oxygen atoms in total. The molecule has 3 aliphatic rings. The van der Waals surface area contributed by atoms with Gasteiger partial charge >= 0.3 is 0 Å². The number of unbranched alkanes of at least 4 members (excludes halogenated alkanes) is 27. The molecule has 0 radical (unpaired) electrons. The zero-order valence-corrected chi connectivity index (χ0v) is 68.6. The van der Waals surface area contributed by atoms with Gasteiger partial charge in [0, 0.05) is 52.0 Å². The van der Waals surface area contributed by atoms with Crippen molar-refractivity contribution in [3.8, 4) is 50.6 Å². The highest BCUT2D eigenvalue weighted by Crippen LogP contribution is 2.59. The van der Waals surface area contributed by atoms with Gasteiger partial charge in [-0.3, -0.25) is 0 Å². The van der Waals surface area contributed by atoms with Gasteiger partial charge in [-0.2, -0.15) is 0 Å². The second-order valence-electron chi connectivity index (χ2n) is 31.2. The maximum atomic E-state index is 14.5. The van der Waals surface area contributed by atoms with Crippen LogP contribution in [0, 0.1) is 23.4 Å². The maximum absolute atomic E-state index is 14.5. The van der Waals surface area contributed by atoms with Crippen LogP contribution in [-0.2, 0) is 29.4 Å². The van der Waals surface area contributed by atoms with Gasteiger partial charge in [0.05, 0.1) is 19.8 Å². The normalized spacial score (nSPS) is 15.6. The molecule has 9 aromatic carbocycles. The minimum Gasteiger partial charge on any atom is -0.494 e. The van der Waals surface area contributed by atoms with E-state index in [1.807, 2.05) is 24.3 Å². The van der Waals surface area contributed by atoms with Crippen molar-refractivity contribution < 1.29 is 41.6 Å². The molecule has 3 unspecified atom stereocenters. The molecule has 10 heteroatoms. The van der Waals surface area contributed by atoms with Crippen LogP contribution in [0.15, 0.2) is 200 Å². The minimum absolute atomic E-state index is 0. The van der Waals surface area contributed by atoms with Gasteiger partial charge in [0.15, 0.2) is 0 Å². The van der Waals surface area contributed by atoms with Crippen molar-refractivity contribution in [3.05, 3.63) is 268 Å². The molecular formula is C103H136BrF3O6. The van der Waals surface area contributed by atoms with Crippen LogP contribution in [0.25, 0.3) is 33.4 Å². The second kappa shape index (κ2) is 48.8. The second-order valence-corrected chi connectivity index (χ2v) is 32.4. The van der Waals surface area contributed by atoms with E-state index in [1.54, 1.807) is 51.7 Å². The van der Waals surface area contributed by atoms with Crippen LogP contribution in [0.5, 0.6) is 17.2 Å². The molecule has 12 rings (SSSR count). The van der Waals surface area contributed by atoms with Gasteiger partial charge < -0.3 is 28.4 Å². The first kappa shape index (κ1) is 92.7. The zero-order chi connectivity index (χ0) is 77.2. The standard InChI is InChI=1S/C35H45FO2.C33H41FO2.C32H38BrFO2.3CH4/c1-27(2)35(28-17-16-18-29(36)25-28)33-20-13-12-19-31(33)32-22-21-30(26-34(32)35)38-24-15-11-9-7-5-4-6-8-10-14-23-37-3;1-33(26-16-15-17-27(34)24-26)31-19-12-11-18-29(31)30-21-20-28(25-32(30)33)36-23-14-10-8-6-4-3-5-7-9-13-22-35-2;1-35-21-12-8-6-4-2-3-5-7-9-13-22-36-27-19-20-29-28-17-10-11-18-30(28)32(33,31(29)24-27)25-15-14-16-26(34)23-25;;;/h12-13,16-22,25-27H,4-11,14-15,23-24H2,1-3H3;11-12,15-21,24-25H,3-10,13-14,22-23H2,1-2H3;10-11,14-20,23-24H,2-9,12-13,21-22H2,1H3;3*1H4. The van der Waals surface area contributed by atoms with Crippen LogP contribution < -0.4 is 14.2 Å². The third kappa shape index (κ3) is 24.6. The number of hydrogen-bond acceptors (Lipinski definition) is 6. The summed E-state index contributed by atoms with van der Waals surface area (Å²) in [5.74, 6) is 2.30. The van der Waals surface area contributed by atoms with E-state index >= 15 is 0 Å². The van der Waals surface area contributed by atoms with Gasteiger partial charge in [0.2, 0.25) is 0 Å². The molecule has 0 bridgehead atoms. The lowest BCUT2D eigenvalue weighted by atomic mass is 9.65. The molecule has 0 amide bonds. The van der Waals surface area contributed by atoms with Crippen LogP contribution in [0.4, 0.5) is 13.2 Å². The Kier molecular flexibility index (Phi) is 40.0. The largest absolute Gasteiger partial charge is 0.494 e. The summed E-state index contributed by atoms with van der Waals surface area (Å²) in [6.07, 6.45) is 38.2. The number of ether oxygens (including phenoxy) is 6. The molecule has 3 aliphatic carbocycles. The third-order valence-electron chi connectivity index (χ3n) is 23.1. The summed E-state index contributed by atoms with van der Waals surface area (Å²) in [4.78, 5) is 0. The van der Waals surface area contributed by atoms with Crippen molar-refractivity contribution in [1.82, 2.24) is 0 Å². The van der Waals surface area contributed by atoms with Crippen LogP contribution in [0.3, 0.4) is 0 Å². The van der Waals surface area contributed by atoms with E-state index < -0.39 is 15.2 Å². The number of methoxy groups -OCH3 is 3. The van der Waals surface area contributed by atoms with E-state index in [0.717, 1.165) is 110 Å². The molecule has 0 saturated heterocycles. The van der Waals surface area contributed by atoms with Gasteiger partial charge in [-0.15, -0.1) is 0 Å². The Hall–Kier alpha value is -7.47. The van der Waals surface area contributed by atoms with E-state index in [-0.39, 0.29) is 45.6 Å². The van der Waals surface area contributed by atoms with Crippen LogP contribution in [-0.4, -0.2) is 61.0 Å². The molecule has 9 aromatic rings. The van der Waals surface area contributed by atoms with E-state index in [0.29, 0.717) is 0 Å². The number of rotatable bonds is 46. The Balaban J connectivity index is 0.000000232. The fourth-order valence-corrected chi connectivity index (χ4v) is 18.1. The van der Waals surface area contributed by atoms with Crippen molar-refractivity contribution in [2.24, 2.45) is 5.92 Å². The van der Waals surface area contributed by atoms with Crippen molar-refractivity contribution >= 4 is 15.9 Å². The van der Waals surface area contributed by atoms with Crippen molar-refractivity contribution in [3.63, 3.8) is 0 Å². The Labute approximate surface area is 689 Å². The first-order chi connectivity index (χ1) is 53.9. The average Bonchev–Trinajstić information content (AvgIpc) is 1.56. The number of halogens is 4. The average molecular weight is 1610 g/mol. The molecule has 612 valence electrons. The molecule has 0 fully saturated rings. The number of benzene rings is 9. The number of alkyl halides is 1. The van der Waals surface area contributed by atoms with Gasteiger partial charge in [-0.1, -0.05) is 334 Å². The van der Waals surface area contributed by atoms with Crippen molar-refractivity contribution in [2.75, 3.05) is 61.0 Å². The van der Waals surface area contributed by atoms with E-state index in [4.69, 9.17) is 28.4 Å². The summed E-state index contributed by atoms with van der Waals surface area (Å²) in [5, 5.41) is 0. The lowest BCUT2D eigenvalue weighted by molar-refractivity contribution is 0.192. The molecule has 0 spiro atoms. The van der Waals surface area contributed by atoms with Gasteiger partial charge in [0.1, 0.15) is 39.0 Å². The smallest absolute Gasteiger partial charge is 0.123 e. The SMILES string of the molecule is C.C.C.COCCCCCCCCCCCCOc1ccc2c(c1)C(Br)(c1cccc(F)c1)c1ccccc1-2.COCCCCCCCCCCCCOc1ccc2c(c1)C(C)(c1cccc(F)c1)c1ccccc1-2.COCCCCCCCCCCCCOc1ccc2c(c1)C(c1cccc(F)c1)(C(C)C)c1ccccc1-2. The fraction of sp³-hybridized carbons (Fsp3) is 0.476. The zero-order valence-electron chi connectivity index (χ0n) is 67.0. The summed E-state index contributed by atoms with van der Waals surface area (Å²) >= 11 is 4.04. The minimum atomic E-state index is -0.593. The fourth-order valence-electron chi connectivity index (χ4n) is 17.2. The summed E-state index contributed by atoms with van der Waals surface area (Å²) in [6, 6.07) is 65.7. The first-order valence-electron chi connectivity index (χ1n) is 41.9. The highest BCUT2D eigenvalue weighted by Gasteiger charge is 2.48. The predicted molar refractivity (Wildman–Crippen MR) is 475 cm³/mol. The number of hydrogen-bond donors (Lipinski definition) is 0. The highest BCUT2D eigenvalue weighted by molar-refractivity contribution is 9.10. The molecule has 113 heavy (non-hydrogen) atoms. The summed E-state index contributed by atoms with van der Waals surface area (Å²) in [7, 11) is 5.34. The maximum Gasteiger partial charge on any atom is 0.123 e. The molecule has 0 N–H and O–H groups in total. The molecule has 0 saturated carbocycles. The quantitative estimate of drug-likeness (QED) is 0.0280.